The van der Waals surface area contributed by atoms with Crippen LogP contribution in [0.1, 0.15) is 39.0 Å². The van der Waals surface area contributed by atoms with Crippen molar-refractivity contribution in [3.8, 4) is 17.2 Å². The summed E-state index contributed by atoms with van der Waals surface area (Å²) in [7, 11) is -0.887. The largest absolute Gasteiger partial charge is 0.497 e. The highest BCUT2D eigenvalue weighted by molar-refractivity contribution is 7.92. The van der Waals surface area contributed by atoms with Crippen LogP contribution in [0, 0.1) is 0 Å². The maximum Gasteiger partial charge on any atom is 0.262 e. The van der Waals surface area contributed by atoms with Gasteiger partial charge in [-0.1, -0.05) is 19.3 Å². The summed E-state index contributed by atoms with van der Waals surface area (Å²) in [5, 5.41) is 3.03. The van der Waals surface area contributed by atoms with Gasteiger partial charge in [0, 0.05) is 12.1 Å². The van der Waals surface area contributed by atoms with E-state index < -0.39 is 16.1 Å². The normalized spacial score (nSPS) is 15.5. The summed E-state index contributed by atoms with van der Waals surface area (Å²) >= 11 is 0. The lowest BCUT2D eigenvalue weighted by molar-refractivity contribution is -0.128. The van der Waals surface area contributed by atoms with Crippen LogP contribution < -0.4 is 24.2 Å². The predicted octanol–water partition coefficient (Wildman–Crippen LogP) is 3.72. The minimum atomic E-state index is -3.85. The number of anilines is 1. The molecular formula is C23H30N2O6S. The number of methoxy groups -OCH3 is 2. The summed E-state index contributed by atoms with van der Waals surface area (Å²) < 4.78 is 44.2. The second kappa shape index (κ2) is 10.6. The molecule has 0 unspecified atom stereocenters. The van der Waals surface area contributed by atoms with Crippen LogP contribution in [0.3, 0.4) is 0 Å². The molecule has 3 rings (SSSR count). The molecule has 1 aliphatic carbocycles. The number of hydrogen-bond donors (Lipinski definition) is 2. The Labute approximate surface area is 189 Å². The van der Waals surface area contributed by atoms with Gasteiger partial charge in [-0.3, -0.25) is 9.52 Å². The van der Waals surface area contributed by atoms with Gasteiger partial charge >= 0.3 is 0 Å². The van der Waals surface area contributed by atoms with Crippen LogP contribution in [0.25, 0.3) is 0 Å². The van der Waals surface area contributed by atoms with Crippen molar-refractivity contribution in [3.05, 3.63) is 42.5 Å². The first-order chi connectivity index (χ1) is 15.3. The Balaban J connectivity index is 1.63. The quantitative estimate of drug-likeness (QED) is 0.589. The van der Waals surface area contributed by atoms with Crippen LogP contribution in [0.2, 0.25) is 0 Å². The summed E-state index contributed by atoms with van der Waals surface area (Å²) in [4.78, 5) is 12.4. The number of benzene rings is 2. The monoisotopic (exact) mass is 462 g/mol. The van der Waals surface area contributed by atoms with Crippen LogP contribution >= 0.6 is 0 Å². The number of ether oxygens (including phenoxy) is 3. The second-order valence-electron chi connectivity index (χ2n) is 7.75. The lowest BCUT2D eigenvalue weighted by Gasteiger charge is -2.24. The van der Waals surface area contributed by atoms with E-state index in [0.717, 1.165) is 25.7 Å². The second-order valence-corrected chi connectivity index (χ2v) is 9.43. The molecule has 1 fully saturated rings. The van der Waals surface area contributed by atoms with Crippen molar-refractivity contribution >= 4 is 21.6 Å². The van der Waals surface area contributed by atoms with Gasteiger partial charge in [0.05, 0.1) is 24.8 Å². The van der Waals surface area contributed by atoms with Crippen molar-refractivity contribution in [1.82, 2.24) is 5.32 Å². The van der Waals surface area contributed by atoms with E-state index in [9.17, 15) is 13.2 Å². The molecule has 0 bridgehead atoms. The molecule has 174 valence electrons. The highest BCUT2D eigenvalue weighted by Gasteiger charge is 2.21. The molecule has 0 spiro atoms. The summed E-state index contributed by atoms with van der Waals surface area (Å²) in [6.45, 7) is 1.68. The van der Waals surface area contributed by atoms with Crippen molar-refractivity contribution in [2.75, 3.05) is 18.9 Å². The lowest BCUT2D eigenvalue weighted by Crippen LogP contribution is -2.43. The van der Waals surface area contributed by atoms with Gasteiger partial charge in [0.1, 0.15) is 17.2 Å². The van der Waals surface area contributed by atoms with Crippen molar-refractivity contribution in [2.45, 2.75) is 56.1 Å². The molecular weight excluding hydrogens is 432 g/mol. The van der Waals surface area contributed by atoms with Gasteiger partial charge in [-0.25, -0.2) is 8.42 Å². The average molecular weight is 463 g/mol. The Kier molecular flexibility index (Phi) is 7.84. The first-order valence-electron chi connectivity index (χ1n) is 10.6. The Morgan fingerprint density at radius 2 is 1.62 bits per heavy atom. The highest BCUT2D eigenvalue weighted by Crippen LogP contribution is 2.31. The molecule has 0 heterocycles. The SMILES string of the molecule is COc1ccc(NS(=O)(=O)c2ccc(O[C@H](C)C(=O)NC3CCCCC3)cc2)c(OC)c1. The van der Waals surface area contributed by atoms with E-state index in [1.165, 1.54) is 44.9 Å². The van der Waals surface area contributed by atoms with E-state index in [4.69, 9.17) is 14.2 Å². The van der Waals surface area contributed by atoms with Crippen LogP contribution in [0.4, 0.5) is 5.69 Å². The Bertz CT molecular complexity index is 1020. The fraction of sp³-hybridized carbons (Fsp3) is 0.435. The van der Waals surface area contributed by atoms with Crippen LogP contribution in [0.15, 0.2) is 47.4 Å². The van der Waals surface area contributed by atoms with Crippen molar-refractivity contribution in [2.24, 2.45) is 0 Å². The summed E-state index contributed by atoms with van der Waals surface area (Å²) in [5.41, 5.74) is 0.293. The molecule has 1 atom stereocenters. The zero-order chi connectivity index (χ0) is 23.1. The molecule has 9 heteroatoms. The van der Waals surface area contributed by atoms with Crippen LogP contribution in [0.5, 0.6) is 17.2 Å². The van der Waals surface area contributed by atoms with Gasteiger partial charge in [0.25, 0.3) is 15.9 Å². The first kappa shape index (κ1) is 23.7. The Hall–Kier alpha value is -2.94. The third-order valence-corrected chi connectivity index (χ3v) is 6.80. The van der Waals surface area contributed by atoms with E-state index in [1.54, 1.807) is 25.1 Å². The molecule has 8 nitrogen and oxygen atoms in total. The topological polar surface area (TPSA) is 103 Å². The Morgan fingerprint density at radius 1 is 0.969 bits per heavy atom. The van der Waals surface area contributed by atoms with Crippen LogP contribution in [-0.2, 0) is 14.8 Å². The molecule has 0 radical (unpaired) electrons. The number of carbonyl (C=O) groups is 1. The minimum absolute atomic E-state index is 0.0574. The third-order valence-electron chi connectivity index (χ3n) is 5.42. The fourth-order valence-electron chi connectivity index (χ4n) is 3.61. The smallest absolute Gasteiger partial charge is 0.262 e. The minimum Gasteiger partial charge on any atom is -0.497 e. The maximum absolute atomic E-state index is 12.8. The number of rotatable bonds is 9. The van der Waals surface area contributed by atoms with Gasteiger partial charge < -0.3 is 19.5 Å². The number of nitrogens with one attached hydrogen (secondary N) is 2. The zero-order valence-corrected chi connectivity index (χ0v) is 19.4. The number of sulfonamides is 1. The van der Waals surface area contributed by atoms with Crippen molar-refractivity contribution in [1.29, 1.82) is 0 Å². The summed E-state index contributed by atoms with van der Waals surface area (Å²) in [5.74, 6) is 1.14. The molecule has 32 heavy (non-hydrogen) atoms. The van der Waals surface area contributed by atoms with E-state index in [1.807, 2.05) is 0 Å². The Morgan fingerprint density at radius 3 is 2.25 bits per heavy atom. The summed E-state index contributed by atoms with van der Waals surface area (Å²) in [6.07, 6.45) is 4.79. The molecule has 0 aliphatic heterocycles. The van der Waals surface area contributed by atoms with Gasteiger partial charge in [-0.15, -0.1) is 0 Å². The molecule has 2 N–H and O–H groups in total. The van der Waals surface area contributed by atoms with E-state index in [0.29, 0.717) is 22.9 Å². The van der Waals surface area contributed by atoms with Crippen molar-refractivity contribution < 1.29 is 27.4 Å². The summed E-state index contributed by atoms with van der Waals surface area (Å²) in [6, 6.07) is 10.9. The lowest BCUT2D eigenvalue weighted by atomic mass is 9.95. The zero-order valence-electron chi connectivity index (χ0n) is 18.6. The molecule has 1 aliphatic rings. The van der Waals surface area contributed by atoms with Gasteiger partial charge in [-0.2, -0.15) is 0 Å². The number of amides is 1. The molecule has 1 amide bonds. The first-order valence-corrected chi connectivity index (χ1v) is 12.1. The highest BCUT2D eigenvalue weighted by atomic mass is 32.2. The van der Waals surface area contributed by atoms with E-state index >= 15 is 0 Å². The van der Waals surface area contributed by atoms with Crippen LogP contribution in [-0.4, -0.2) is 40.7 Å². The van der Waals surface area contributed by atoms with Crippen molar-refractivity contribution in [3.63, 3.8) is 0 Å². The number of carbonyl (C=O) groups excluding carboxylic acids is 1. The fourth-order valence-corrected chi connectivity index (χ4v) is 4.68. The maximum atomic E-state index is 12.8. The molecule has 2 aromatic carbocycles. The van der Waals surface area contributed by atoms with E-state index in [2.05, 4.69) is 10.0 Å². The molecule has 1 saturated carbocycles. The molecule has 0 saturated heterocycles. The molecule has 0 aromatic heterocycles. The molecule has 2 aromatic rings. The van der Waals surface area contributed by atoms with Gasteiger partial charge in [0.2, 0.25) is 0 Å². The van der Waals surface area contributed by atoms with E-state index in [-0.39, 0.29) is 16.8 Å². The predicted molar refractivity (Wildman–Crippen MR) is 122 cm³/mol. The standard InChI is InChI=1S/C23H30N2O6S/c1-16(23(26)24-17-7-5-4-6-8-17)31-18-9-12-20(13-10-18)32(27,28)25-21-14-11-19(29-2)15-22(21)30-3/h9-17,25H,4-8H2,1-3H3,(H,24,26)/t16-/m1/s1. The average Bonchev–Trinajstić information content (AvgIpc) is 2.80. The third kappa shape index (κ3) is 6.06. The number of hydrogen-bond acceptors (Lipinski definition) is 6. The van der Waals surface area contributed by atoms with Gasteiger partial charge in [-0.05, 0) is 56.2 Å². The van der Waals surface area contributed by atoms with Gasteiger partial charge in [0.15, 0.2) is 6.10 Å².